The first-order chi connectivity index (χ1) is 9.90. The minimum absolute atomic E-state index is 0.158. The zero-order valence-electron chi connectivity index (χ0n) is 14.3. The first-order valence-electron chi connectivity index (χ1n) is 8.37. The van der Waals surface area contributed by atoms with Crippen molar-refractivity contribution >= 4 is 16.5 Å². The first kappa shape index (κ1) is 16.8. The van der Waals surface area contributed by atoms with Crippen molar-refractivity contribution in [1.29, 1.82) is 0 Å². The molecule has 1 aliphatic rings. The van der Waals surface area contributed by atoms with Crippen LogP contribution < -0.4 is 10.2 Å². The van der Waals surface area contributed by atoms with Crippen LogP contribution in [0.3, 0.4) is 0 Å². The van der Waals surface area contributed by atoms with Gasteiger partial charge in [0.15, 0.2) is 5.13 Å². The predicted octanol–water partition coefficient (Wildman–Crippen LogP) is 4.36. The highest BCUT2D eigenvalue weighted by Crippen LogP contribution is 2.32. The van der Waals surface area contributed by atoms with E-state index in [4.69, 9.17) is 4.98 Å². The summed E-state index contributed by atoms with van der Waals surface area (Å²) >= 11 is 1.89. The zero-order valence-corrected chi connectivity index (χ0v) is 15.1. The number of rotatable bonds is 6. The highest BCUT2D eigenvalue weighted by Gasteiger charge is 2.23. The Morgan fingerprint density at radius 3 is 2.52 bits per heavy atom. The van der Waals surface area contributed by atoms with Crippen LogP contribution in [-0.4, -0.2) is 23.6 Å². The number of nitrogens with one attached hydrogen (secondary N) is 1. The second kappa shape index (κ2) is 7.10. The normalized spacial score (nSPS) is 16.6. The number of aryl methyl sites for hydroxylation is 1. The molecular weight excluding hydrogens is 278 g/mol. The molecule has 0 radical (unpaired) electrons. The van der Waals surface area contributed by atoms with E-state index in [-0.39, 0.29) is 5.54 Å². The summed E-state index contributed by atoms with van der Waals surface area (Å²) in [7, 11) is 2.23. The smallest absolute Gasteiger partial charge is 0.185 e. The van der Waals surface area contributed by atoms with Crippen LogP contribution in [0.5, 0.6) is 0 Å². The van der Waals surface area contributed by atoms with Gasteiger partial charge in [-0.25, -0.2) is 4.98 Å². The van der Waals surface area contributed by atoms with Gasteiger partial charge in [-0.05, 0) is 40.0 Å². The first-order valence-corrected chi connectivity index (χ1v) is 9.19. The van der Waals surface area contributed by atoms with E-state index in [9.17, 15) is 0 Å². The Labute approximate surface area is 134 Å². The maximum absolute atomic E-state index is 4.95. The van der Waals surface area contributed by atoms with E-state index in [1.807, 2.05) is 11.3 Å². The second-order valence-corrected chi connectivity index (χ2v) is 8.33. The molecule has 0 bridgehead atoms. The summed E-state index contributed by atoms with van der Waals surface area (Å²) in [6.07, 6.45) is 7.67. The van der Waals surface area contributed by atoms with Crippen LogP contribution in [0.15, 0.2) is 0 Å². The Bertz CT molecular complexity index is 441. The molecule has 1 fully saturated rings. The summed E-state index contributed by atoms with van der Waals surface area (Å²) in [5.74, 6) is 0. The fourth-order valence-electron chi connectivity index (χ4n) is 2.88. The van der Waals surface area contributed by atoms with Crippen molar-refractivity contribution < 1.29 is 0 Å². The van der Waals surface area contributed by atoms with Crippen LogP contribution in [0.2, 0.25) is 0 Å². The Balaban J connectivity index is 2.11. The number of nitrogens with zero attached hydrogens (tertiary/aromatic N) is 2. The van der Waals surface area contributed by atoms with Gasteiger partial charge in [0.2, 0.25) is 0 Å². The van der Waals surface area contributed by atoms with Crippen molar-refractivity contribution in [2.24, 2.45) is 0 Å². The topological polar surface area (TPSA) is 28.2 Å². The average Bonchev–Trinajstić information content (AvgIpc) is 3.05. The SMILES string of the molecule is CCCc1nc(N(C)C2CCCC2)sc1CNC(C)(C)C. The van der Waals surface area contributed by atoms with Crippen molar-refractivity contribution in [3.05, 3.63) is 10.6 Å². The Hall–Kier alpha value is -0.610. The van der Waals surface area contributed by atoms with Crippen LogP contribution in [-0.2, 0) is 13.0 Å². The Morgan fingerprint density at radius 1 is 1.29 bits per heavy atom. The molecule has 120 valence electrons. The molecular formula is C17H31N3S. The Morgan fingerprint density at radius 2 is 1.95 bits per heavy atom. The third-order valence-electron chi connectivity index (χ3n) is 4.21. The van der Waals surface area contributed by atoms with E-state index in [1.165, 1.54) is 47.8 Å². The minimum Gasteiger partial charge on any atom is -0.348 e. The van der Waals surface area contributed by atoms with Gasteiger partial charge in [-0.2, -0.15) is 0 Å². The molecule has 1 aromatic rings. The monoisotopic (exact) mass is 309 g/mol. The summed E-state index contributed by atoms with van der Waals surface area (Å²) in [4.78, 5) is 8.80. The zero-order chi connectivity index (χ0) is 15.5. The third kappa shape index (κ3) is 4.68. The number of hydrogen-bond acceptors (Lipinski definition) is 4. The van der Waals surface area contributed by atoms with Crippen molar-refractivity contribution in [3.63, 3.8) is 0 Å². The van der Waals surface area contributed by atoms with Crippen LogP contribution in [0.25, 0.3) is 0 Å². The van der Waals surface area contributed by atoms with Crippen LogP contribution >= 0.6 is 11.3 Å². The quantitative estimate of drug-likeness (QED) is 0.846. The summed E-state index contributed by atoms with van der Waals surface area (Å²) in [5, 5.41) is 4.83. The molecule has 0 aliphatic heterocycles. The number of hydrogen-bond donors (Lipinski definition) is 1. The fourth-order valence-corrected chi connectivity index (χ4v) is 3.96. The summed E-state index contributed by atoms with van der Waals surface area (Å²) in [6.45, 7) is 9.84. The highest BCUT2D eigenvalue weighted by molar-refractivity contribution is 7.15. The van der Waals surface area contributed by atoms with E-state index in [0.717, 1.165) is 13.0 Å². The average molecular weight is 310 g/mol. The van der Waals surface area contributed by atoms with Crippen LogP contribution in [0.4, 0.5) is 5.13 Å². The molecule has 1 heterocycles. The minimum atomic E-state index is 0.158. The van der Waals surface area contributed by atoms with E-state index >= 15 is 0 Å². The molecule has 4 heteroatoms. The van der Waals surface area contributed by atoms with E-state index < -0.39 is 0 Å². The summed E-state index contributed by atoms with van der Waals surface area (Å²) in [6, 6.07) is 0.703. The maximum Gasteiger partial charge on any atom is 0.185 e. The second-order valence-electron chi connectivity index (χ2n) is 7.27. The number of anilines is 1. The van der Waals surface area contributed by atoms with Crippen molar-refractivity contribution in [3.8, 4) is 0 Å². The van der Waals surface area contributed by atoms with Gasteiger partial charge in [0, 0.05) is 30.1 Å². The molecule has 0 unspecified atom stereocenters. The van der Waals surface area contributed by atoms with E-state index in [1.54, 1.807) is 0 Å². The van der Waals surface area contributed by atoms with Gasteiger partial charge >= 0.3 is 0 Å². The summed E-state index contributed by atoms with van der Waals surface area (Å²) < 4.78 is 0. The van der Waals surface area contributed by atoms with Crippen LogP contribution in [0, 0.1) is 0 Å². The van der Waals surface area contributed by atoms with Gasteiger partial charge in [0.25, 0.3) is 0 Å². The lowest BCUT2D eigenvalue weighted by Gasteiger charge is -2.23. The van der Waals surface area contributed by atoms with E-state index in [2.05, 4.69) is 45.0 Å². The summed E-state index contributed by atoms with van der Waals surface area (Å²) in [5.41, 5.74) is 1.46. The molecule has 0 aromatic carbocycles. The molecule has 0 spiro atoms. The molecule has 1 N–H and O–H groups in total. The molecule has 1 aromatic heterocycles. The van der Waals surface area contributed by atoms with Crippen molar-refractivity contribution in [2.75, 3.05) is 11.9 Å². The molecule has 21 heavy (non-hydrogen) atoms. The molecule has 1 saturated carbocycles. The predicted molar refractivity (Wildman–Crippen MR) is 93.4 cm³/mol. The molecule has 0 saturated heterocycles. The van der Waals surface area contributed by atoms with Gasteiger partial charge in [-0.3, -0.25) is 0 Å². The largest absolute Gasteiger partial charge is 0.348 e. The van der Waals surface area contributed by atoms with Crippen molar-refractivity contribution in [1.82, 2.24) is 10.3 Å². The number of aromatic nitrogens is 1. The molecule has 0 amide bonds. The molecule has 2 rings (SSSR count). The van der Waals surface area contributed by atoms with Gasteiger partial charge in [-0.15, -0.1) is 11.3 Å². The van der Waals surface area contributed by atoms with Crippen LogP contribution in [0.1, 0.15) is 70.4 Å². The lowest BCUT2D eigenvalue weighted by molar-refractivity contribution is 0.425. The van der Waals surface area contributed by atoms with Crippen molar-refractivity contribution in [2.45, 2.75) is 84.3 Å². The lowest BCUT2D eigenvalue weighted by Crippen LogP contribution is -2.35. The molecule has 1 aliphatic carbocycles. The lowest BCUT2D eigenvalue weighted by atomic mass is 10.1. The number of thiazole rings is 1. The molecule has 0 atom stereocenters. The van der Waals surface area contributed by atoms with Gasteiger partial charge in [-0.1, -0.05) is 26.2 Å². The van der Waals surface area contributed by atoms with Gasteiger partial charge in [0.05, 0.1) is 5.69 Å². The molecule has 3 nitrogen and oxygen atoms in total. The van der Waals surface area contributed by atoms with Gasteiger partial charge < -0.3 is 10.2 Å². The maximum atomic E-state index is 4.95. The Kier molecular flexibility index (Phi) is 5.67. The highest BCUT2D eigenvalue weighted by atomic mass is 32.1. The van der Waals surface area contributed by atoms with Gasteiger partial charge in [0.1, 0.15) is 0 Å². The van der Waals surface area contributed by atoms with E-state index in [0.29, 0.717) is 6.04 Å². The standard InChI is InChI=1S/C17H31N3S/c1-6-9-14-15(12-18-17(2,3)4)21-16(19-14)20(5)13-10-7-8-11-13/h13,18H,6-12H2,1-5H3. The fraction of sp³-hybridized carbons (Fsp3) is 0.824. The third-order valence-corrected chi connectivity index (χ3v) is 5.40.